The van der Waals surface area contributed by atoms with Gasteiger partial charge < -0.3 is 14.0 Å². The highest BCUT2D eigenvalue weighted by Gasteiger charge is 2.20. The summed E-state index contributed by atoms with van der Waals surface area (Å²) in [5, 5.41) is 1.75. The molecule has 38 heavy (non-hydrogen) atoms. The summed E-state index contributed by atoms with van der Waals surface area (Å²) < 4.78 is 23.0. The molecule has 0 fully saturated rings. The molecular formula is C30H34Cl2O3S3. The van der Waals surface area contributed by atoms with Crippen LogP contribution in [0.1, 0.15) is 57.9 Å². The summed E-state index contributed by atoms with van der Waals surface area (Å²) in [6.07, 6.45) is 8.32. The minimum absolute atomic E-state index is 0.191. The molecule has 0 aromatic heterocycles. The second kappa shape index (κ2) is 15.0. The number of fused-ring (bicyclic) bond motifs is 3. The minimum Gasteiger partial charge on any atom is -0.616 e. The maximum atomic E-state index is 12.3. The molecular weight excluding hydrogens is 575 g/mol. The summed E-state index contributed by atoms with van der Waals surface area (Å²) in [5.74, 6) is 2.45. The fourth-order valence-corrected chi connectivity index (χ4v) is 8.26. The van der Waals surface area contributed by atoms with Gasteiger partial charge in [-0.25, -0.2) is 0 Å². The summed E-state index contributed by atoms with van der Waals surface area (Å²) in [6.45, 7) is 4.61. The van der Waals surface area contributed by atoms with Gasteiger partial charge in [-0.15, -0.1) is 0 Å². The zero-order valence-corrected chi connectivity index (χ0v) is 25.8. The molecule has 2 heterocycles. The van der Waals surface area contributed by atoms with Crippen molar-refractivity contribution in [1.82, 2.24) is 0 Å². The lowest BCUT2D eigenvalue weighted by Crippen LogP contribution is -2.23. The molecule has 0 bridgehead atoms. The normalized spacial score (nSPS) is 14.7. The van der Waals surface area contributed by atoms with Crippen LogP contribution < -0.4 is 9.47 Å². The number of hydrogen-bond acceptors (Lipinski definition) is 5. The Labute approximate surface area is 248 Å². The van der Waals surface area contributed by atoms with E-state index < -0.39 is 11.2 Å². The minimum atomic E-state index is -0.743. The van der Waals surface area contributed by atoms with Crippen LogP contribution in [-0.2, 0) is 17.6 Å². The smallest absolute Gasteiger partial charge is 0.231 e. The van der Waals surface area contributed by atoms with Crippen LogP contribution in [0.15, 0.2) is 74.2 Å². The third-order valence-corrected chi connectivity index (χ3v) is 11.1. The van der Waals surface area contributed by atoms with Crippen LogP contribution in [0.25, 0.3) is 0 Å². The van der Waals surface area contributed by atoms with Crippen molar-refractivity contribution in [1.29, 1.82) is 0 Å². The summed E-state index contributed by atoms with van der Waals surface area (Å²) in [4.78, 5) is 4.91. The van der Waals surface area contributed by atoms with Crippen molar-refractivity contribution < 1.29 is 14.0 Å². The quantitative estimate of drug-likeness (QED) is 0.132. The molecule has 2 aliphatic heterocycles. The highest BCUT2D eigenvalue weighted by molar-refractivity contribution is 8.05. The van der Waals surface area contributed by atoms with E-state index in [2.05, 4.69) is 26.0 Å². The van der Waals surface area contributed by atoms with Gasteiger partial charge in [-0.05, 0) is 73.9 Å². The van der Waals surface area contributed by atoms with E-state index >= 15 is 0 Å². The molecule has 2 unspecified atom stereocenters. The average molecular weight is 610 g/mol. The van der Waals surface area contributed by atoms with Crippen molar-refractivity contribution >= 4 is 57.9 Å². The van der Waals surface area contributed by atoms with E-state index in [0.29, 0.717) is 6.79 Å². The molecule has 0 saturated carbocycles. The third-order valence-electron chi connectivity index (χ3n) is 6.36. The van der Waals surface area contributed by atoms with Crippen LogP contribution in [0.4, 0.5) is 0 Å². The summed E-state index contributed by atoms with van der Waals surface area (Å²) in [5.41, 5.74) is 1.17. The van der Waals surface area contributed by atoms with Crippen molar-refractivity contribution in [2.24, 2.45) is 0 Å². The molecule has 3 aromatic rings. The first kappa shape index (κ1) is 29.8. The van der Waals surface area contributed by atoms with Crippen molar-refractivity contribution in [3.8, 4) is 11.5 Å². The lowest BCUT2D eigenvalue weighted by molar-refractivity contribution is 0.174. The molecule has 0 amide bonds. The molecule has 3 aromatic carbocycles. The number of halogens is 2. The van der Waals surface area contributed by atoms with E-state index in [9.17, 15) is 4.55 Å². The molecule has 0 N–H and O–H groups in total. The standard InChI is InChI=1S/C18H28O3S.C12H6Cl2S2/c1-3-4-5-6-7-8-11-22(19)15(2)12-16-9-10-17-18(13-16)21-14-20-17;13-7-1-3-9-11(5-7)16-10-4-2-8(14)6-12(10)15-9/h9-10,13,15H,3-8,11-12,14H2,1-2H3;1-6H. The first-order valence-corrected chi connectivity index (χ1v) is 16.9. The van der Waals surface area contributed by atoms with E-state index in [1.54, 1.807) is 23.5 Å². The van der Waals surface area contributed by atoms with E-state index in [1.807, 2.05) is 42.5 Å². The van der Waals surface area contributed by atoms with E-state index in [1.165, 1.54) is 57.2 Å². The second-order valence-corrected chi connectivity index (χ2v) is 14.5. The molecule has 204 valence electrons. The van der Waals surface area contributed by atoms with E-state index in [-0.39, 0.29) is 5.25 Å². The van der Waals surface area contributed by atoms with Crippen LogP contribution in [0.2, 0.25) is 10.0 Å². The van der Waals surface area contributed by atoms with Crippen LogP contribution >= 0.6 is 46.7 Å². The average Bonchev–Trinajstić information content (AvgIpc) is 3.38. The first-order valence-electron chi connectivity index (χ1n) is 13.1. The van der Waals surface area contributed by atoms with Gasteiger partial charge in [0.25, 0.3) is 0 Å². The number of ether oxygens (including phenoxy) is 2. The molecule has 3 nitrogen and oxygen atoms in total. The third kappa shape index (κ3) is 8.67. The molecule has 0 radical (unpaired) electrons. The predicted molar refractivity (Wildman–Crippen MR) is 163 cm³/mol. The van der Waals surface area contributed by atoms with Gasteiger partial charge in [0.05, 0.1) is 0 Å². The Morgan fingerprint density at radius 3 is 2.05 bits per heavy atom. The van der Waals surface area contributed by atoms with Gasteiger partial charge in [0.1, 0.15) is 11.0 Å². The predicted octanol–water partition coefficient (Wildman–Crippen LogP) is 10.1. The van der Waals surface area contributed by atoms with Gasteiger partial charge in [0.2, 0.25) is 6.79 Å². The molecule has 2 aliphatic rings. The molecule has 5 rings (SSSR count). The summed E-state index contributed by atoms with van der Waals surface area (Å²) >= 11 is 14.7. The fourth-order valence-electron chi connectivity index (χ4n) is 4.25. The monoisotopic (exact) mass is 608 g/mol. The van der Waals surface area contributed by atoms with Gasteiger partial charge in [-0.1, -0.05) is 96.6 Å². The Bertz CT molecular complexity index is 1160. The molecule has 8 heteroatoms. The van der Waals surface area contributed by atoms with Gasteiger partial charge in [-0.2, -0.15) is 0 Å². The largest absolute Gasteiger partial charge is 0.616 e. The van der Waals surface area contributed by atoms with Crippen molar-refractivity contribution in [2.45, 2.75) is 83.6 Å². The van der Waals surface area contributed by atoms with Gasteiger partial charge in [-0.3, -0.25) is 0 Å². The topological polar surface area (TPSA) is 41.5 Å². The lowest BCUT2D eigenvalue weighted by Gasteiger charge is -2.18. The molecule has 2 atom stereocenters. The Morgan fingerprint density at radius 1 is 0.789 bits per heavy atom. The van der Waals surface area contributed by atoms with Gasteiger partial charge in [0, 0.05) is 36.0 Å². The molecule has 0 aliphatic carbocycles. The van der Waals surface area contributed by atoms with E-state index in [0.717, 1.165) is 40.1 Å². The fraction of sp³-hybridized carbons (Fsp3) is 0.400. The maximum Gasteiger partial charge on any atom is 0.231 e. The van der Waals surface area contributed by atoms with Crippen LogP contribution in [0.3, 0.4) is 0 Å². The zero-order chi connectivity index (χ0) is 26.9. The Morgan fingerprint density at radius 2 is 1.39 bits per heavy atom. The van der Waals surface area contributed by atoms with Crippen molar-refractivity contribution in [3.63, 3.8) is 0 Å². The Balaban J connectivity index is 0.000000185. The maximum absolute atomic E-state index is 12.3. The first-order chi connectivity index (χ1) is 18.4. The van der Waals surface area contributed by atoms with Crippen LogP contribution in [0.5, 0.6) is 11.5 Å². The van der Waals surface area contributed by atoms with Gasteiger partial charge in [0.15, 0.2) is 11.5 Å². The molecule has 0 saturated heterocycles. The Kier molecular flexibility index (Phi) is 11.8. The SMILES string of the molecule is CCCCCCCC[S+]([O-])C(C)Cc1ccc2c(c1)OCO2.Clc1ccc2c(c1)Sc1ccc(Cl)cc1S2. The second-order valence-electron chi connectivity index (χ2n) is 9.44. The van der Waals surface area contributed by atoms with Crippen molar-refractivity contribution in [2.75, 3.05) is 12.5 Å². The molecule has 0 spiro atoms. The lowest BCUT2D eigenvalue weighted by atomic mass is 10.1. The summed E-state index contributed by atoms with van der Waals surface area (Å²) in [7, 11) is 0. The van der Waals surface area contributed by atoms with Crippen LogP contribution in [0, 0.1) is 0 Å². The number of unbranched alkanes of at least 4 members (excludes halogenated alkanes) is 5. The highest BCUT2D eigenvalue weighted by Crippen LogP contribution is 2.49. The van der Waals surface area contributed by atoms with Gasteiger partial charge >= 0.3 is 0 Å². The Hall–Kier alpha value is -1.15. The number of hydrogen-bond donors (Lipinski definition) is 0. The highest BCUT2D eigenvalue weighted by atomic mass is 35.5. The summed E-state index contributed by atoms with van der Waals surface area (Å²) in [6, 6.07) is 18.0. The van der Waals surface area contributed by atoms with Crippen LogP contribution in [-0.4, -0.2) is 22.3 Å². The van der Waals surface area contributed by atoms with Crippen molar-refractivity contribution in [3.05, 3.63) is 70.2 Å². The zero-order valence-electron chi connectivity index (χ0n) is 21.8. The van der Waals surface area contributed by atoms with E-state index in [4.69, 9.17) is 32.7 Å². The number of benzene rings is 3. The number of rotatable bonds is 10.